The number of nitrogen functional groups attached to an aromatic ring is 1. The van der Waals surface area contributed by atoms with Crippen molar-refractivity contribution in [3.8, 4) is 5.75 Å². The lowest BCUT2D eigenvalue weighted by atomic mass is 10.3. The van der Waals surface area contributed by atoms with Crippen molar-refractivity contribution in [3.05, 3.63) is 46.9 Å². The van der Waals surface area contributed by atoms with Crippen LogP contribution in [0.1, 0.15) is 0 Å². The Morgan fingerprint density at radius 3 is 2.45 bits per heavy atom. The number of carbonyl (C=O) groups is 1. The van der Waals surface area contributed by atoms with Crippen molar-refractivity contribution < 1.29 is 9.53 Å². The van der Waals surface area contributed by atoms with E-state index in [0.717, 1.165) is 10.2 Å². The number of urea groups is 1. The van der Waals surface area contributed by atoms with Gasteiger partial charge in [-0.2, -0.15) is 0 Å². The van der Waals surface area contributed by atoms with Gasteiger partial charge in [0, 0.05) is 10.2 Å². The fraction of sp³-hybridized carbons (Fsp3) is 0.0714. The highest BCUT2D eigenvalue weighted by molar-refractivity contribution is 9.10. The minimum atomic E-state index is -0.357. The first-order valence-electron chi connectivity index (χ1n) is 5.85. The first-order chi connectivity index (χ1) is 9.58. The summed E-state index contributed by atoms with van der Waals surface area (Å²) in [7, 11) is 1.59. The molecular weight excluding hydrogens is 322 g/mol. The van der Waals surface area contributed by atoms with Crippen molar-refractivity contribution >= 4 is 39.0 Å². The summed E-state index contributed by atoms with van der Waals surface area (Å²) in [5.41, 5.74) is 7.52. The molecule has 6 heteroatoms. The van der Waals surface area contributed by atoms with Crippen LogP contribution in [-0.2, 0) is 0 Å². The maximum Gasteiger partial charge on any atom is 0.323 e. The number of nitrogens with one attached hydrogen (secondary N) is 2. The minimum Gasteiger partial charge on any atom is -0.497 e. The Morgan fingerprint density at radius 1 is 1.15 bits per heavy atom. The van der Waals surface area contributed by atoms with Crippen LogP contribution in [0.5, 0.6) is 5.75 Å². The van der Waals surface area contributed by atoms with Crippen LogP contribution in [0.2, 0.25) is 0 Å². The van der Waals surface area contributed by atoms with Crippen LogP contribution in [-0.4, -0.2) is 13.1 Å². The first kappa shape index (κ1) is 14.2. The molecule has 0 aliphatic heterocycles. The topological polar surface area (TPSA) is 76.4 Å². The standard InChI is InChI=1S/C14H14BrN3O2/c1-20-11-5-3-10(4-6-11)17-14(19)18-13-7-2-9(15)8-12(13)16/h2-8H,16H2,1H3,(H2,17,18,19). The molecule has 0 spiro atoms. The third-order valence-electron chi connectivity index (χ3n) is 2.61. The van der Waals surface area contributed by atoms with E-state index in [9.17, 15) is 4.79 Å². The number of benzene rings is 2. The summed E-state index contributed by atoms with van der Waals surface area (Å²) in [4.78, 5) is 11.9. The molecular formula is C14H14BrN3O2. The summed E-state index contributed by atoms with van der Waals surface area (Å²) < 4.78 is 5.90. The zero-order valence-corrected chi connectivity index (χ0v) is 12.4. The summed E-state index contributed by atoms with van der Waals surface area (Å²) in [5, 5.41) is 5.40. The first-order valence-corrected chi connectivity index (χ1v) is 6.65. The Hall–Kier alpha value is -2.21. The van der Waals surface area contributed by atoms with Crippen LogP contribution in [0.3, 0.4) is 0 Å². The highest BCUT2D eigenvalue weighted by Crippen LogP contribution is 2.23. The van der Waals surface area contributed by atoms with E-state index in [4.69, 9.17) is 10.5 Å². The van der Waals surface area contributed by atoms with Gasteiger partial charge in [0.15, 0.2) is 0 Å². The van der Waals surface area contributed by atoms with Crippen molar-refractivity contribution in [2.75, 3.05) is 23.5 Å². The van der Waals surface area contributed by atoms with Gasteiger partial charge in [-0.05, 0) is 42.5 Å². The molecule has 5 nitrogen and oxygen atoms in total. The largest absolute Gasteiger partial charge is 0.497 e. The van der Waals surface area contributed by atoms with E-state index in [1.165, 1.54) is 0 Å². The van der Waals surface area contributed by atoms with E-state index >= 15 is 0 Å². The van der Waals surface area contributed by atoms with E-state index in [1.807, 2.05) is 0 Å². The molecule has 2 aromatic carbocycles. The quantitative estimate of drug-likeness (QED) is 0.748. The fourth-order valence-electron chi connectivity index (χ4n) is 1.61. The van der Waals surface area contributed by atoms with Crippen LogP contribution >= 0.6 is 15.9 Å². The normalized spacial score (nSPS) is 9.90. The van der Waals surface area contributed by atoms with E-state index < -0.39 is 0 Å². The van der Waals surface area contributed by atoms with Crippen molar-refractivity contribution in [3.63, 3.8) is 0 Å². The number of nitrogens with two attached hydrogens (primary N) is 1. The van der Waals surface area contributed by atoms with E-state index in [0.29, 0.717) is 17.1 Å². The van der Waals surface area contributed by atoms with Gasteiger partial charge in [-0.25, -0.2) is 4.79 Å². The Balaban J connectivity index is 2.01. The van der Waals surface area contributed by atoms with Gasteiger partial charge in [-0.1, -0.05) is 15.9 Å². The van der Waals surface area contributed by atoms with Crippen LogP contribution < -0.4 is 21.1 Å². The van der Waals surface area contributed by atoms with Crippen LogP contribution in [0.15, 0.2) is 46.9 Å². The maximum atomic E-state index is 11.9. The molecule has 0 aromatic heterocycles. The average molecular weight is 336 g/mol. The van der Waals surface area contributed by atoms with Gasteiger partial charge in [0.1, 0.15) is 5.75 Å². The molecule has 0 aliphatic carbocycles. The number of amides is 2. The monoisotopic (exact) mass is 335 g/mol. The maximum absolute atomic E-state index is 11.9. The summed E-state index contributed by atoms with van der Waals surface area (Å²) in [6.45, 7) is 0. The second-order valence-electron chi connectivity index (χ2n) is 4.04. The van der Waals surface area contributed by atoms with Gasteiger partial charge < -0.3 is 21.1 Å². The number of hydrogen-bond acceptors (Lipinski definition) is 3. The smallest absolute Gasteiger partial charge is 0.323 e. The molecule has 0 fully saturated rings. The molecule has 2 rings (SSSR count). The van der Waals surface area contributed by atoms with Crippen LogP contribution in [0.4, 0.5) is 21.9 Å². The third kappa shape index (κ3) is 3.64. The van der Waals surface area contributed by atoms with Crippen LogP contribution in [0.25, 0.3) is 0 Å². The van der Waals surface area contributed by atoms with E-state index in [2.05, 4.69) is 26.6 Å². The van der Waals surface area contributed by atoms with Crippen molar-refractivity contribution in [2.45, 2.75) is 0 Å². The molecule has 2 aromatic rings. The van der Waals surface area contributed by atoms with Crippen molar-refractivity contribution in [1.29, 1.82) is 0 Å². The van der Waals surface area contributed by atoms with Gasteiger partial charge in [0.25, 0.3) is 0 Å². The number of carbonyl (C=O) groups excluding carboxylic acids is 1. The van der Waals surface area contributed by atoms with Crippen molar-refractivity contribution in [2.24, 2.45) is 0 Å². The Kier molecular flexibility index (Phi) is 4.47. The van der Waals surface area contributed by atoms with Crippen LogP contribution in [0, 0.1) is 0 Å². The molecule has 0 radical (unpaired) electrons. The molecule has 20 heavy (non-hydrogen) atoms. The van der Waals surface area contributed by atoms with Gasteiger partial charge in [-0.15, -0.1) is 0 Å². The third-order valence-corrected chi connectivity index (χ3v) is 3.10. The molecule has 0 saturated heterocycles. The van der Waals surface area contributed by atoms with Gasteiger partial charge in [0.05, 0.1) is 18.5 Å². The highest BCUT2D eigenvalue weighted by Gasteiger charge is 2.05. The summed E-state index contributed by atoms with van der Waals surface area (Å²) >= 11 is 3.31. The van der Waals surface area contributed by atoms with Gasteiger partial charge in [-0.3, -0.25) is 0 Å². The molecule has 2 amide bonds. The number of ether oxygens (including phenoxy) is 1. The van der Waals surface area contributed by atoms with E-state index in [-0.39, 0.29) is 6.03 Å². The molecule has 0 heterocycles. The second kappa shape index (κ2) is 6.29. The minimum absolute atomic E-state index is 0.357. The zero-order valence-electron chi connectivity index (χ0n) is 10.8. The average Bonchev–Trinajstić information content (AvgIpc) is 2.43. The Morgan fingerprint density at radius 2 is 1.85 bits per heavy atom. The predicted molar refractivity (Wildman–Crippen MR) is 84.2 cm³/mol. The van der Waals surface area contributed by atoms with Gasteiger partial charge in [0.2, 0.25) is 0 Å². The second-order valence-corrected chi connectivity index (χ2v) is 4.95. The lowest BCUT2D eigenvalue weighted by Gasteiger charge is -2.10. The van der Waals surface area contributed by atoms with Crippen molar-refractivity contribution in [1.82, 2.24) is 0 Å². The highest BCUT2D eigenvalue weighted by atomic mass is 79.9. The molecule has 0 aliphatic rings. The summed E-state index contributed by atoms with van der Waals surface area (Å²) in [5.74, 6) is 0.730. The number of hydrogen-bond donors (Lipinski definition) is 3. The SMILES string of the molecule is COc1ccc(NC(=O)Nc2ccc(Br)cc2N)cc1. The molecule has 104 valence electrons. The van der Waals surface area contributed by atoms with E-state index in [1.54, 1.807) is 49.6 Å². The molecule has 4 N–H and O–H groups in total. The zero-order chi connectivity index (χ0) is 14.5. The molecule has 0 atom stereocenters. The Bertz CT molecular complexity index is 614. The lowest BCUT2D eigenvalue weighted by Crippen LogP contribution is -2.20. The summed E-state index contributed by atoms with van der Waals surface area (Å²) in [6.07, 6.45) is 0. The number of methoxy groups -OCH3 is 1. The number of anilines is 3. The number of halogens is 1. The van der Waals surface area contributed by atoms with Gasteiger partial charge >= 0.3 is 6.03 Å². The molecule has 0 unspecified atom stereocenters. The predicted octanol–water partition coefficient (Wildman–Crippen LogP) is 3.68. The number of rotatable bonds is 3. The molecule has 0 bridgehead atoms. The summed E-state index contributed by atoms with van der Waals surface area (Å²) in [6, 6.07) is 11.9. The fourth-order valence-corrected chi connectivity index (χ4v) is 1.99. The molecule has 0 saturated carbocycles. The Labute approximate surface area is 125 Å². The lowest BCUT2D eigenvalue weighted by molar-refractivity contribution is 0.262.